The van der Waals surface area contributed by atoms with Crippen LogP contribution in [0.4, 0.5) is 0 Å². The summed E-state index contributed by atoms with van der Waals surface area (Å²) >= 11 is 0. The maximum atomic E-state index is 11.9. The molecule has 0 spiro atoms. The molecular formula is C13H18O3. The number of Topliss-reactive ketones (excluding diaryl/α,β-unsaturated/α-hetero) is 1. The Morgan fingerprint density at radius 3 is 2.69 bits per heavy atom. The van der Waals surface area contributed by atoms with Gasteiger partial charge < -0.3 is 9.84 Å². The molecule has 0 bridgehead atoms. The van der Waals surface area contributed by atoms with E-state index >= 15 is 0 Å². The van der Waals surface area contributed by atoms with E-state index < -0.39 is 5.60 Å². The summed E-state index contributed by atoms with van der Waals surface area (Å²) in [6.45, 7) is 5.76. The van der Waals surface area contributed by atoms with E-state index in [1.807, 2.05) is 6.92 Å². The van der Waals surface area contributed by atoms with Gasteiger partial charge in [-0.3, -0.25) is 4.79 Å². The van der Waals surface area contributed by atoms with Crippen LogP contribution in [0, 0.1) is 0 Å². The van der Waals surface area contributed by atoms with Gasteiger partial charge in [-0.05, 0) is 32.4 Å². The van der Waals surface area contributed by atoms with Crippen LogP contribution >= 0.6 is 0 Å². The Labute approximate surface area is 96.1 Å². The van der Waals surface area contributed by atoms with Crippen molar-refractivity contribution in [2.45, 2.75) is 32.8 Å². The first-order valence-corrected chi connectivity index (χ1v) is 5.51. The lowest BCUT2D eigenvalue weighted by Crippen LogP contribution is -2.34. The van der Waals surface area contributed by atoms with E-state index in [-0.39, 0.29) is 5.78 Å². The second-order valence-electron chi connectivity index (χ2n) is 3.92. The first-order valence-electron chi connectivity index (χ1n) is 5.51. The summed E-state index contributed by atoms with van der Waals surface area (Å²) in [4.78, 5) is 11.9. The summed E-state index contributed by atoms with van der Waals surface area (Å²) in [5.41, 5.74) is -0.817. The Morgan fingerprint density at radius 2 is 2.12 bits per heavy atom. The molecule has 0 radical (unpaired) electrons. The molecule has 0 aliphatic rings. The van der Waals surface area contributed by atoms with Crippen LogP contribution < -0.4 is 4.74 Å². The molecule has 0 aliphatic heterocycles. The smallest absolute Gasteiger partial charge is 0.194 e. The Kier molecular flexibility index (Phi) is 4.07. The van der Waals surface area contributed by atoms with Crippen LogP contribution in [0.1, 0.15) is 37.6 Å². The van der Waals surface area contributed by atoms with Crippen molar-refractivity contribution in [2.75, 3.05) is 6.61 Å². The van der Waals surface area contributed by atoms with Gasteiger partial charge in [-0.2, -0.15) is 0 Å². The minimum Gasteiger partial charge on any atom is -0.494 e. The molecule has 1 rings (SSSR count). The normalized spacial score (nSPS) is 14.2. The molecule has 1 atom stereocenters. The SMILES string of the molecule is CCOc1cccc(C(=O)C(C)(O)CC)c1. The Morgan fingerprint density at radius 1 is 1.44 bits per heavy atom. The predicted octanol–water partition coefficient (Wildman–Crippen LogP) is 2.43. The summed E-state index contributed by atoms with van der Waals surface area (Å²) in [6.07, 6.45) is 0.394. The highest BCUT2D eigenvalue weighted by molar-refractivity contribution is 6.02. The van der Waals surface area contributed by atoms with E-state index in [2.05, 4.69) is 0 Å². The molecule has 0 fully saturated rings. The second kappa shape index (κ2) is 5.12. The molecule has 0 saturated heterocycles. The minimum absolute atomic E-state index is 0.267. The molecular weight excluding hydrogens is 204 g/mol. The van der Waals surface area contributed by atoms with Crippen molar-refractivity contribution < 1.29 is 14.6 Å². The first-order chi connectivity index (χ1) is 7.51. The molecule has 3 nitrogen and oxygen atoms in total. The highest BCUT2D eigenvalue weighted by Gasteiger charge is 2.28. The zero-order chi connectivity index (χ0) is 12.2. The fourth-order valence-corrected chi connectivity index (χ4v) is 1.37. The molecule has 1 aromatic rings. The third-order valence-electron chi connectivity index (χ3n) is 2.58. The third-order valence-corrected chi connectivity index (χ3v) is 2.58. The van der Waals surface area contributed by atoms with Crippen molar-refractivity contribution in [3.05, 3.63) is 29.8 Å². The van der Waals surface area contributed by atoms with Crippen molar-refractivity contribution in [1.82, 2.24) is 0 Å². The Hall–Kier alpha value is -1.35. The molecule has 88 valence electrons. The lowest BCUT2D eigenvalue weighted by molar-refractivity contribution is 0.0390. The molecule has 0 aromatic heterocycles. The average molecular weight is 222 g/mol. The van der Waals surface area contributed by atoms with Crippen LogP contribution in [-0.4, -0.2) is 23.1 Å². The molecule has 0 amide bonds. The van der Waals surface area contributed by atoms with Gasteiger partial charge in [0.25, 0.3) is 0 Å². The molecule has 1 N–H and O–H groups in total. The highest BCUT2D eigenvalue weighted by Crippen LogP contribution is 2.20. The number of carbonyl (C=O) groups is 1. The summed E-state index contributed by atoms with van der Waals surface area (Å²) < 4.78 is 5.31. The van der Waals surface area contributed by atoms with Crippen molar-refractivity contribution >= 4 is 5.78 Å². The van der Waals surface area contributed by atoms with E-state index in [1.54, 1.807) is 31.2 Å². The summed E-state index contributed by atoms with van der Waals surface area (Å²) in [5, 5.41) is 9.88. The molecule has 0 saturated carbocycles. The van der Waals surface area contributed by atoms with Crippen molar-refractivity contribution in [1.29, 1.82) is 0 Å². The third kappa shape index (κ3) is 2.83. The van der Waals surface area contributed by atoms with Crippen LogP contribution in [0.25, 0.3) is 0 Å². The molecule has 0 heterocycles. The molecule has 1 aromatic carbocycles. The average Bonchev–Trinajstić information content (AvgIpc) is 2.29. The van der Waals surface area contributed by atoms with E-state index in [1.165, 1.54) is 6.92 Å². The van der Waals surface area contributed by atoms with Crippen LogP contribution in [0.5, 0.6) is 5.75 Å². The van der Waals surface area contributed by atoms with Gasteiger partial charge in [0.1, 0.15) is 11.4 Å². The Bertz CT molecular complexity index is 369. The van der Waals surface area contributed by atoms with Gasteiger partial charge in [-0.1, -0.05) is 19.1 Å². The van der Waals surface area contributed by atoms with Crippen LogP contribution in [0.3, 0.4) is 0 Å². The molecule has 1 unspecified atom stereocenters. The zero-order valence-electron chi connectivity index (χ0n) is 9.99. The van der Waals surface area contributed by atoms with Crippen molar-refractivity contribution in [3.63, 3.8) is 0 Å². The largest absolute Gasteiger partial charge is 0.494 e. The summed E-state index contributed by atoms with van der Waals surface area (Å²) in [6, 6.07) is 6.90. The quantitative estimate of drug-likeness (QED) is 0.778. The van der Waals surface area contributed by atoms with Gasteiger partial charge in [0, 0.05) is 5.56 Å². The number of carbonyl (C=O) groups excluding carboxylic acids is 1. The molecule has 16 heavy (non-hydrogen) atoms. The predicted molar refractivity (Wildman–Crippen MR) is 62.9 cm³/mol. The monoisotopic (exact) mass is 222 g/mol. The topological polar surface area (TPSA) is 46.5 Å². The number of rotatable bonds is 5. The number of hydrogen-bond acceptors (Lipinski definition) is 3. The second-order valence-corrected chi connectivity index (χ2v) is 3.92. The van der Waals surface area contributed by atoms with Crippen LogP contribution in [0.2, 0.25) is 0 Å². The van der Waals surface area contributed by atoms with Crippen LogP contribution in [-0.2, 0) is 0 Å². The van der Waals surface area contributed by atoms with E-state index in [0.29, 0.717) is 24.3 Å². The minimum atomic E-state index is -1.30. The number of ether oxygens (including phenoxy) is 1. The van der Waals surface area contributed by atoms with E-state index in [4.69, 9.17) is 4.74 Å². The van der Waals surface area contributed by atoms with Gasteiger partial charge in [0.05, 0.1) is 6.61 Å². The Balaban J connectivity index is 2.96. The lowest BCUT2D eigenvalue weighted by Gasteiger charge is -2.19. The first kappa shape index (κ1) is 12.7. The van der Waals surface area contributed by atoms with Crippen molar-refractivity contribution in [2.24, 2.45) is 0 Å². The zero-order valence-corrected chi connectivity index (χ0v) is 9.99. The lowest BCUT2D eigenvalue weighted by atomic mass is 9.92. The summed E-state index contributed by atoms with van der Waals surface area (Å²) in [7, 11) is 0. The van der Waals surface area contributed by atoms with Gasteiger partial charge in [-0.15, -0.1) is 0 Å². The number of benzene rings is 1. The number of aliphatic hydroxyl groups is 1. The van der Waals surface area contributed by atoms with Gasteiger partial charge in [-0.25, -0.2) is 0 Å². The van der Waals surface area contributed by atoms with Gasteiger partial charge in [0.2, 0.25) is 0 Å². The van der Waals surface area contributed by atoms with E-state index in [9.17, 15) is 9.90 Å². The molecule has 3 heteroatoms. The van der Waals surface area contributed by atoms with Crippen LogP contribution in [0.15, 0.2) is 24.3 Å². The summed E-state index contributed by atoms with van der Waals surface area (Å²) in [5.74, 6) is 0.386. The standard InChI is InChI=1S/C13H18O3/c1-4-13(3,15)12(14)10-7-6-8-11(9-10)16-5-2/h6-9,15H,4-5H2,1-3H3. The van der Waals surface area contributed by atoms with Crippen molar-refractivity contribution in [3.8, 4) is 5.75 Å². The fraction of sp³-hybridized carbons (Fsp3) is 0.462. The fourth-order valence-electron chi connectivity index (χ4n) is 1.37. The van der Waals surface area contributed by atoms with E-state index in [0.717, 1.165) is 0 Å². The number of hydrogen-bond donors (Lipinski definition) is 1. The highest BCUT2D eigenvalue weighted by atomic mass is 16.5. The number of ketones is 1. The molecule has 0 aliphatic carbocycles. The van der Waals surface area contributed by atoms with Gasteiger partial charge in [0.15, 0.2) is 5.78 Å². The maximum absolute atomic E-state index is 11.9. The maximum Gasteiger partial charge on any atom is 0.194 e. The van der Waals surface area contributed by atoms with Gasteiger partial charge >= 0.3 is 0 Å².